The molecule has 4 aliphatic rings. The van der Waals surface area contributed by atoms with Crippen LogP contribution < -0.4 is 15.1 Å². The molecule has 6 heterocycles. The molecule has 0 saturated carbocycles. The van der Waals surface area contributed by atoms with E-state index in [4.69, 9.17) is 9.72 Å². The van der Waals surface area contributed by atoms with Gasteiger partial charge in [0.05, 0.1) is 25.9 Å². The van der Waals surface area contributed by atoms with Crippen molar-refractivity contribution in [1.29, 1.82) is 0 Å². The molecule has 0 unspecified atom stereocenters. The van der Waals surface area contributed by atoms with Crippen LogP contribution in [0.1, 0.15) is 77.6 Å². The van der Waals surface area contributed by atoms with Crippen molar-refractivity contribution in [3.8, 4) is 9.75 Å². The Kier molecular flexibility index (Phi) is 8.75. The molecule has 11 heteroatoms. The summed E-state index contributed by atoms with van der Waals surface area (Å²) in [5.74, 6) is -0.0309. The summed E-state index contributed by atoms with van der Waals surface area (Å²) >= 11 is 2.96. The lowest BCUT2D eigenvalue weighted by Gasteiger charge is -2.53. The Morgan fingerprint density at radius 1 is 0.962 bits per heavy atom. The number of amides is 2. The number of Topliss-reactive ketones (excluding diaryl/α,β-unsaturated/α-hetero) is 1. The van der Waals surface area contributed by atoms with Gasteiger partial charge >= 0.3 is 0 Å². The largest absolute Gasteiger partial charge is 0.381 e. The number of hydrogen-bond acceptors (Lipinski definition) is 8. The first-order valence-electron chi connectivity index (χ1n) is 18.3. The van der Waals surface area contributed by atoms with Crippen molar-refractivity contribution in [2.45, 2.75) is 51.9 Å². The Morgan fingerprint density at radius 2 is 1.77 bits per heavy atom. The number of ketones is 1. The van der Waals surface area contributed by atoms with Crippen molar-refractivity contribution in [2.75, 3.05) is 48.0 Å². The first-order valence-corrected chi connectivity index (χ1v) is 20.0. The molecule has 0 atom stereocenters. The smallest absolute Gasteiger partial charge is 0.259 e. The van der Waals surface area contributed by atoms with Crippen molar-refractivity contribution >= 4 is 57.5 Å². The van der Waals surface area contributed by atoms with E-state index in [1.807, 2.05) is 36.6 Å². The van der Waals surface area contributed by atoms with Gasteiger partial charge in [0.2, 0.25) is 0 Å². The minimum Gasteiger partial charge on any atom is -0.381 e. The van der Waals surface area contributed by atoms with E-state index in [0.717, 1.165) is 102 Å². The van der Waals surface area contributed by atoms with E-state index in [9.17, 15) is 18.8 Å². The SMILES string of the molecule is Cc1cccc(F)c1CC(=O)c1cc2c(s1)-c1sccc1N(C(=O)c1ccc(NC(=O)c3cc4c(nc3N3CC5(CCOCC5)C3)CCC4)cc1)CC2. The number of carbonyl (C=O) groups is 3. The van der Waals surface area contributed by atoms with Crippen molar-refractivity contribution in [2.24, 2.45) is 5.41 Å². The number of benzene rings is 2. The van der Waals surface area contributed by atoms with Gasteiger partial charge < -0.3 is 19.9 Å². The fourth-order valence-electron chi connectivity index (χ4n) is 8.28. The lowest BCUT2D eigenvalue weighted by molar-refractivity contribution is -0.000521. The zero-order valence-corrected chi connectivity index (χ0v) is 31.1. The van der Waals surface area contributed by atoms with Crippen LogP contribution in [0.2, 0.25) is 0 Å². The predicted octanol–water partition coefficient (Wildman–Crippen LogP) is 8.31. The molecule has 2 saturated heterocycles. The van der Waals surface area contributed by atoms with Crippen LogP contribution in [-0.2, 0) is 30.4 Å². The van der Waals surface area contributed by atoms with Gasteiger partial charge in [0.25, 0.3) is 11.8 Å². The zero-order valence-electron chi connectivity index (χ0n) is 29.5. The molecule has 53 heavy (non-hydrogen) atoms. The molecular weight excluding hydrogens is 708 g/mol. The van der Waals surface area contributed by atoms with Crippen molar-refractivity contribution in [3.63, 3.8) is 0 Å². The molecule has 8 nitrogen and oxygen atoms in total. The summed E-state index contributed by atoms with van der Waals surface area (Å²) in [4.78, 5) is 52.8. The molecule has 270 valence electrons. The number of aromatic nitrogens is 1. The monoisotopic (exact) mass is 746 g/mol. The van der Waals surface area contributed by atoms with Crippen LogP contribution >= 0.6 is 22.7 Å². The fourth-order valence-corrected chi connectivity index (χ4v) is 10.5. The molecule has 9 rings (SSSR count). The molecule has 3 aromatic heterocycles. The Bertz CT molecular complexity index is 2240. The Balaban J connectivity index is 0.903. The second-order valence-corrected chi connectivity index (χ2v) is 16.7. The van der Waals surface area contributed by atoms with Crippen LogP contribution in [0.5, 0.6) is 0 Å². The molecule has 2 fully saturated rings. The van der Waals surface area contributed by atoms with Gasteiger partial charge in [0, 0.05) is 61.6 Å². The molecule has 3 aliphatic heterocycles. The van der Waals surface area contributed by atoms with Gasteiger partial charge in [-0.3, -0.25) is 14.4 Å². The maximum atomic E-state index is 14.5. The van der Waals surface area contributed by atoms with E-state index < -0.39 is 0 Å². The number of aryl methyl sites for hydroxylation is 3. The lowest BCUT2D eigenvalue weighted by atomic mass is 9.73. The number of pyridine rings is 1. The molecule has 5 aromatic rings. The summed E-state index contributed by atoms with van der Waals surface area (Å²) in [6.45, 7) is 5.64. The number of fused-ring (bicyclic) bond motifs is 4. The van der Waals surface area contributed by atoms with Crippen LogP contribution in [0.25, 0.3) is 9.75 Å². The second-order valence-electron chi connectivity index (χ2n) is 14.8. The van der Waals surface area contributed by atoms with Gasteiger partial charge in [0.15, 0.2) is 5.78 Å². The van der Waals surface area contributed by atoms with Crippen molar-refractivity contribution in [3.05, 3.63) is 116 Å². The number of halogens is 1. The topological polar surface area (TPSA) is 91.8 Å². The number of hydrogen-bond donors (Lipinski definition) is 1. The number of nitrogens with zero attached hydrogens (tertiary/aromatic N) is 3. The minimum absolute atomic E-state index is 0.0108. The second kappa shape index (κ2) is 13.6. The van der Waals surface area contributed by atoms with Gasteiger partial charge in [-0.1, -0.05) is 12.1 Å². The normalized spacial score (nSPS) is 17.1. The first kappa shape index (κ1) is 34.1. The molecule has 2 amide bonds. The van der Waals surface area contributed by atoms with E-state index >= 15 is 0 Å². The number of ether oxygens (including phenoxy) is 1. The molecule has 1 aliphatic carbocycles. The summed E-state index contributed by atoms with van der Waals surface area (Å²) in [7, 11) is 0. The van der Waals surface area contributed by atoms with Gasteiger partial charge in [-0.05, 0) is 122 Å². The summed E-state index contributed by atoms with van der Waals surface area (Å²) in [5.41, 5.74) is 7.26. The average molecular weight is 747 g/mol. The zero-order chi connectivity index (χ0) is 36.3. The van der Waals surface area contributed by atoms with Crippen molar-refractivity contribution < 1.29 is 23.5 Å². The molecular formula is C42H39FN4O4S2. The highest BCUT2D eigenvalue weighted by molar-refractivity contribution is 7.23. The van der Waals surface area contributed by atoms with Gasteiger partial charge in [0.1, 0.15) is 11.6 Å². The number of thiophene rings is 2. The highest BCUT2D eigenvalue weighted by atomic mass is 32.1. The first-order chi connectivity index (χ1) is 25.7. The Morgan fingerprint density at radius 3 is 2.57 bits per heavy atom. The van der Waals surface area contributed by atoms with E-state index in [1.54, 1.807) is 46.6 Å². The minimum atomic E-state index is -0.363. The van der Waals surface area contributed by atoms with E-state index in [-0.39, 0.29) is 35.3 Å². The van der Waals surface area contributed by atoms with Gasteiger partial charge in [-0.25, -0.2) is 9.37 Å². The number of carbonyl (C=O) groups excluding carboxylic acids is 3. The van der Waals surface area contributed by atoms with Gasteiger partial charge in [-0.15, -0.1) is 22.7 Å². The molecule has 0 bridgehead atoms. The average Bonchev–Trinajstić information content (AvgIpc) is 3.91. The predicted molar refractivity (Wildman–Crippen MR) is 208 cm³/mol. The Labute approximate surface area is 315 Å². The fraction of sp³-hybridized carbons (Fsp3) is 0.333. The maximum absolute atomic E-state index is 14.5. The van der Waals surface area contributed by atoms with E-state index in [0.29, 0.717) is 40.2 Å². The maximum Gasteiger partial charge on any atom is 0.259 e. The van der Waals surface area contributed by atoms with E-state index in [1.165, 1.54) is 17.4 Å². The lowest BCUT2D eigenvalue weighted by Crippen LogP contribution is -2.59. The van der Waals surface area contributed by atoms with Crippen LogP contribution in [0.3, 0.4) is 0 Å². The summed E-state index contributed by atoms with van der Waals surface area (Å²) in [5, 5.41) is 5.05. The Hall–Kier alpha value is -4.71. The van der Waals surface area contributed by atoms with Crippen LogP contribution in [0.15, 0.2) is 66.0 Å². The van der Waals surface area contributed by atoms with E-state index in [2.05, 4.69) is 10.2 Å². The van der Waals surface area contributed by atoms with Crippen LogP contribution in [0, 0.1) is 18.2 Å². The standard InChI is InChI=1S/C42H39FN4O4S2/c1-25-4-2-6-32(43)30(25)22-35(48)36-21-28-12-16-47(34-13-19-52-38(34)37(28)53-36)41(50)26-8-10-29(11-9-26)44-40(49)31-20-27-5-3-7-33(27)45-39(31)46-23-42(24-46)14-17-51-18-15-42/h2,4,6,8-11,13,19-21H,3,5,7,12,14-18,22-24H2,1H3,(H,44,49). The summed E-state index contributed by atoms with van der Waals surface area (Å²) in [6.07, 6.45) is 5.62. The molecule has 2 aromatic carbocycles. The highest BCUT2D eigenvalue weighted by Gasteiger charge is 2.45. The van der Waals surface area contributed by atoms with Crippen LogP contribution in [-0.4, -0.2) is 55.4 Å². The highest BCUT2D eigenvalue weighted by Crippen LogP contribution is 2.46. The number of rotatable bonds is 7. The quantitative estimate of drug-likeness (QED) is 0.169. The third-order valence-electron chi connectivity index (χ3n) is 11.3. The molecule has 1 N–H and O–H groups in total. The third-order valence-corrected chi connectivity index (χ3v) is 13.6. The summed E-state index contributed by atoms with van der Waals surface area (Å²) in [6, 6.07) is 17.9. The summed E-state index contributed by atoms with van der Waals surface area (Å²) < 4.78 is 20.1. The third kappa shape index (κ3) is 6.28. The number of nitrogens with one attached hydrogen (secondary N) is 1. The van der Waals surface area contributed by atoms with Crippen LogP contribution in [0.4, 0.5) is 21.6 Å². The number of anilines is 3. The molecule has 1 spiro atoms. The van der Waals surface area contributed by atoms with Crippen molar-refractivity contribution in [1.82, 2.24) is 4.98 Å². The molecule has 0 radical (unpaired) electrons. The van der Waals surface area contributed by atoms with Gasteiger partial charge in [-0.2, -0.15) is 0 Å².